The molecule has 0 unspecified atom stereocenters. The summed E-state index contributed by atoms with van der Waals surface area (Å²) >= 11 is 0. The van der Waals surface area contributed by atoms with Crippen LogP contribution in [-0.2, 0) is 4.79 Å². The van der Waals surface area contributed by atoms with Crippen LogP contribution in [0.3, 0.4) is 0 Å². The Labute approximate surface area is 150 Å². The van der Waals surface area contributed by atoms with Crippen LogP contribution in [0.4, 0.5) is 4.39 Å². The summed E-state index contributed by atoms with van der Waals surface area (Å²) in [5, 5.41) is 5.59. The Morgan fingerprint density at radius 2 is 2.15 bits per heavy atom. The van der Waals surface area contributed by atoms with Gasteiger partial charge in [-0.25, -0.2) is 4.39 Å². The predicted octanol–water partition coefficient (Wildman–Crippen LogP) is 3.42. The molecule has 5 nitrogen and oxygen atoms in total. The SMILES string of the molecule is C=CC(=O)N1CC(n2cc3ccc(-c4c(F)cccc4OC)cc3n2)C1. The molecule has 3 aromatic rings. The number of carbonyl (C=O) groups is 1. The van der Waals surface area contributed by atoms with Gasteiger partial charge in [0.1, 0.15) is 11.6 Å². The summed E-state index contributed by atoms with van der Waals surface area (Å²) in [6.45, 7) is 4.74. The van der Waals surface area contributed by atoms with Crippen molar-refractivity contribution in [1.82, 2.24) is 14.7 Å². The lowest BCUT2D eigenvalue weighted by Crippen LogP contribution is -2.50. The fourth-order valence-electron chi connectivity index (χ4n) is 3.26. The highest BCUT2D eigenvalue weighted by Gasteiger charge is 2.31. The summed E-state index contributed by atoms with van der Waals surface area (Å²) in [4.78, 5) is 13.3. The molecule has 1 saturated heterocycles. The molecule has 0 bridgehead atoms. The number of benzene rings is 2. The van der Waals surface area contributed by atoms with Gasteiger partial charge in [-0.2, -0.15) is 5.10 Å². The van der Waals surface area contributed by atoms with Crippen molar-refractivity contribution < 1.29 is 13.9 Å². The average molecular weight is 351 g/mol. The maximum absolute atomic E-state index is 14.3. The Bertz CT molecular complexity index is 1010. The molecular weight excluding hydrogens is 333 g/mol. The van der Waals surface area contributed by atoms with Crippen LogP contribution in [0.5, 0.6) is 5.75 Å². The van der Waals surface area contributed by atoms with Crippen LogP contribution >= 0.6 is 0 Å². The fourth-order valence-corrected chi connectivity index (χ4v) is 3.26. The lowest BCUT2D eigenvalue weighted by molar-refractivity contribution is -0.131. The van der Waals surface area contributed by atoms with Gasteiger partial charge in [-0.15, -0.1) is 0 Å². The number of halogens is 1. The molecule has 0 spiro atoms. The van der Waals surface area contributed by atoms with E-state index in [9.17, 15) is 9.18 Å². The largest absolute Gasteiger partial charge is 0.496 e. The van der Waals surface area contributed by atoms with Gasteiger partial charge in [0.15, 0.2) is 0 Å². The predicted molar refractivity (Wildman–Crippen MR) is 97.5 cm³/mol. The van der Waals surface area contributed by atoms with Crippen molar-refractivity contribution in [3.8, 4) is 16.9 Å². The molecule has 1 aliphatic heterocycles. The van der Waals surface area contributed by atoms with Gasteiger partial charge in [0.05, 0.1) is 24.2 Å². The highest BCUT2D eigenvalue weighted by Crippen LogP contribution is 2.34. The normalized spacial score (nSPS) is 14.3. The number of carbonyl (C=O) groups excluding carboxylic acids is 1. The quantitative estimate of drug-likeness (QED) is 0.677. The van der Waals surface area contributed by atoms with Gasteiger partial charge in [0.25, 0.3) is 0 Å². The molecule has 0 radical (unpaired) electrons. The van der Waals surface area contributed by atoms with Crippen LogP contribution in [0.25, 0.3) is 22.0 Å². The van der Waals surface area contributed by atoms with Crippen molar-refractivity contribution in [2.24, 2.45) is 0 Å². The van der Waals surface area contributed by atoms with Crippen molar-refractivity contribution in [3.63, 3.8) is 0 Å². The molecular formula is C20H18FN3O2. The minimum atomic E-state index is -0.333. The summed E-state index contributed by atoms with van der Waals surface area (Å²) in [6.07, 6.45) is 3.28. The molecule has 1 amide bonds. The Kier molecular flexibility index (Phi) is 3.95. The molecule has 0 saturated carbocycles. The van der Waals surface area contributed by atoms with Gasteiger partial charge >= 0.3 is 0 Å². The monoisotopic (exact) mass is 351 g/mol. The Balaban J connectivity index is 1.66. The molecule has 2 heterocycles. The van der Waals surface area contributed by atoms with Crippen molar-refractivity contribution in [2.45, 2.75) is 6.04 Å². The third-order valence-corrected chi connectivity index (χ3v) is 4.73. The zero-order valence-electron chi connectivity index (χ0n) is 14.4. The van der Waals surface area contributed by atoms with E-state index in [-0.39, 0.29) is 17.8 Å². The van der Waals surface area contributed by atoms with Gasteiger partial charge < -0.3 is 9.64 Å². The van der Waals surface area contributed by atoms with Crippen LogP contribution in [-0.4, -0.2) is 40.8 Å². The van der Waals surface area contributed by atoms with E-state index in [0.29, 0.717) is 24.4 Å². The summed E-state index contributed by atoms with van der Waals surface area (Å²) in [6, 6.07) is 10.6. The van der Waals surface area contributed by atoms with Gasteiger partial charge in [-0.05, 0) is 29.8 Å². The Hall–Kier alpha value is -3.15. The number of hydrogen-bond donors (Lipinski definition) is 0. The van der Waals surface area contributed by atoms with Gasteiger partial charge in [-0.1, -0.05) is 24.8 Å². The van der Waals surface area contributed by atoms with Crippen LogP contribution < -0.4 is 4.74 Å². The summed E-state index contributed by atoms with van der Waals surface area (Å²) in [5.41, 5.74) is 1.92. The number of fused-ring (bicyclic) bond motifs is 1. The maximum atomic E-state index is 14.3. The summed E-state index contributed by atoms with van der Waals surface area (Å²) < 4.78 is 21.5. The first-order valence-electron chi connectivity index (χ1n) is 8.34. The van der Waals surface area contributed by atoms with E-state index in [4.69, 9.17) is 4.74 Å². The second-order valence-electron chi connectivity index (χ2n) is 6.30. The van der Waals surface area contributed by atoms with E-state index in [2.05, 4.69) is 11.7 Å². The molecule has 1 fully saturated rings. The Morgan fingerprint density at radius 3 is 2.88 bits per heavy atom. The number of nitrogens with zero attached hydrogens (tertiary/aromatic N) is 3. The zero-order chi connectivity index (χ0) is 18.3. The topological polar surface area (TPSA) is 47.4 Å². The number of hydrogen-bond acceptors (Lipinski definition) is 3. The lowest BCUT2D eigenvalue weighted by Gasteiger charge is -2.38. The van der Waals surface area contributed by atoms with E-state index in [1.807, 2.05) is 29.1 Å². The smallest absolute Gasteiger partial charge is 0.246 e. The maximum Gasteiger partial charge on any atom is 0.246 e. The highest BCUT2D eigenvalue weighted by molar-refractivity contribution is 5.88. The molecule has 132 valence electrons. The number of amides is 1. The molecule has 0 N–H and O–H groups in total. The average Bonchev–Trinajstić information content (AvgIpc) is 3.02. The number of aromatic nitrogens is 2. The number of methoxy groups -OCH3 is 1. The van der Waals surface area contributed by atoms with Crippen LogP contribution in [0, 0.1) is 5.82 Å². The fraction of sp³-hybridized carbons (Fsp3) is 0.200. The molecule has 26 heavy (non-hydrogen) atoms. The summed E-state index contributed by atoms with van der Waals surface area (Å²) in [7, 11) is 1.53. The van der Waals surface area contributed by atoms with Gasteiger partial charge in [0, 0.05) is 24.7 Å². The second kappa shape index (κ2) is 6.29. The molecule has 2 aromatic carbocycles. The van der Waals surface area contributed by atoms with Crippen LogP contribution in [0.2, 0.25) is 0 Å². The molecule has 6 heteroatoms. The number of likely N-dealkylation sites (tertiary alicyclic amines) is 1. The first-order chi connectivity index (χ1) is 12.6. The van der Waals surface area contributed by atoms with Crippen molar-refractivity contribution >= 4 is 16.8 Å². The molecule has 1 aliphatic rings. The van der Waals surface area contributed by atoms with E-state index in [0.717, 1.165) is 16.5 Å². The Morgan fingerprint density at radius 1 is 1.35 bits per heavy atom. The number of rotatable bonds is 4. The first-order valence-corrected chi connectivity index (χ1v) is 8.34. The minimum absolute atomic E-state index is 0.0631. The van der Waals surface area contributed by atoms with Crippen LogP contribution in [0.15, 0.2) is 55.3 Å². The number of ether oxygens (including phenoxy) is 1. The van der Waals surface area contributed by atoms with E-state index >= 15 is 0 Å². The summed E-state index contributed by atoms with van der Waals surface area (Å²) in [5.74, 6) is 0.0916. The van der Waals surface area contributed by atoms with Crippen molar-refractivity contribution in [2.75, 3.05) is 20.2 Å². The standard InChI is InChI=1S/C20H18FN3O2/c1-3-19(25)23-11-15(12-23)24-10-14-8-7-13(9-17(14)22-24)20-16(21)5-4-6-18(20)26-2/h3-10,15H,1,11-12H2,2H3. The molecule has 1 aromatic heterocycles. The lowest BCUT2D eigenvalue weighted by atomic mass is 10.0. The first kappa shape index (κ1) is 16.3. The van der Waals surface area contributed by atoms with E-state index < -0.39 is 0 Å². The van der Waals surface area contributed by atoms with E-state index in [1.54, 1.807) is 17.0 Å². The minimum Gasteiger partial charge on any atom is -0.496 e. The van der Waals surface area contributed by atoms with Crippen molar-refractivity contribution in [3.05, 3.63) is 61.1 Å². The van der Waals surface area contributed by atoms with Gasteiger partial charge in [0.2, 0.25) is 5.91 Å². The van der Waals surface area contributed by atoms with Crippen molar-refractivity contribution in [1.29, 1.82) is 0 Å². The molecule has 4 rings (SSSR count). The third-order valence-electron chi connectivity index (χ3n) is 4.73. The second-order valence-corrected chi connectivity index (χ2v) is 6.30. The van der Waals surface area contributed by atoms with Gasteiger partial charge in [-0.3, -0.25) is 9.48 Å². The third kappa shape index (κ3) is 2.63. The van der Waals surface area contributed by atoms with Crippen LogP contribution in [0.1, 0.15) is 6.04 Å². The zero-order valence-corrected chi connectivity index (χ0v) is 14.4. The van der Waals surface area contributed by atoms with E-state index in [1.165, 1.54) is 19.3 Å². The highest BCUT2D eigenvalue weighted by atomic mass is 19.1. The molecule has 0 aliphatic carbocycles. The molecule has 0 atom stereocenters.